The highest BCUT2D eigenvalue weighted by molar-refractivity contribution is 6.30. The van der Waals surface area contributed by atoms with Crippen molar-refractivity contribution < 1.29 is 19.1 Å². The van der Waals surface area contributed by atoms with Gasteiger partial charge in [-0.25, -0.2) is 4.98 Å². The van der Waals surface area contributed by atoms with E-state index in [1.54, 1.807) is 61.5 Å². The highest BCUT2D eigenvalue weighted by atomic mass is 35.5. The van der Waals surface area contributed by atoms with E-state index in [1.807, 2.05) is 0 Å². The summed E-state index contributed by atoms with van der Waals surface area (Å²) in [7, 11) is 3.02. The molecule has 0 aliphatic heterocycles. The zero-order valence-corrected chi connectivity index (χ0v) is 20.1. The normalized spacial score (nSPS) is 10.7. The van der Waals surface area contributed by atoms with Crippen LogP contribution in [0.4, 0.5) is 5.69 Å². The Morgan fingerprint density at radius 1 is 1.03 bits per heavy atom. The third-order valence-corrected chi connectivity index (χ3v) is 5.66. The molecule has 9 heteroatoms. The first-order chi connectivity index (χ1) is 16.8. The molecule has 0 saturated heterocycles. The summed E-state index contributed by atoms with van der Waals surface area (Å²) in [6.45, 7) is 1.58. The molecule has 4 rings (SSSR count). The van der Waals surface area contributed by atoms with Gasteiger partial charge in [-0.15, -0.1) is 0 Å². The monoisotopic (exact) mass is 491 g/mol. The van der Waals surface area contributed by atoms with E-state index in [-0.39, 0.29) is 17.5 Å². The Bertz CT molecular complexity index is 1500. The molecular weight excluding hydrogens is 470 g/mol. The Kier molecular flexibility index (Phi) is 6.84. The number of halogens is 1. The Hall–Kier alpha value is -4.17. The molecule has 2 aromatic carbocycles. The molecule has 0 saturated carbocycles. The topological polar surface area (TPSA) is 99.5 Å². The predicted octanol–water partition coefficient (Wildman–Crippen LogP) is 4.25. The average Bonchev–Trinajstić information content (AvgIpc) is 2.85. The summed E-state index contributed by atoms with van der Waals surface area (Å²) in [4.78, 5) is 43.8. The number of carbonyl (C=O) groups excluding carboxylic acids is 2. The second-order valence-corrected chi connectivity index (χ2v) is 8.21. The summed E-state index contributed by atoms with van der Waals surface area (Å²) in [5.41, 5.74) is 1.16. The second kappa shape index (κ2) is 9.99. The van der Waals surface area contributed by atoms with Crippen molar-refractivity contribution in [2.24, 2.45) is 0 Å². The van der Waals surface area contributed by atoms with Crippen molar-refractivity contribution >= 4 is 40.0 Å². The van der Waals surface area contributed by atoms with Crippen molar-refractivity contribution in [2.45, 2.75) is 13.5 Å². The summed E-state index contributed by atoms with van der Waals surface area (Å²) in [6.07, 6.45) is 1.37. The molecule has 1 N–H and O–H groups in total. The van der Waals surface area contributed by atoms with Crippen molar-refractivity contribution in [3.8, 4) is 11.5 Å². The van der Waals surface area contributed by atoms with E-state index < -0.39 is 17.1 Å². The number of benzene rings is 2. The van der Waals surface area contributed by atoms with Crippen LogP contribution in [0, 0.1) is 6.92 Å². The van der Waals surface area contributed by atoms with Crippen molar-refractivity contribution in [3.05, 3.63) is 92.9 Å². The first kappa shape index (κ1) is 24.0. The predicted molar refractivity (Wildman–Crippen MR) is 134 cm³/mol. The first-order valence-electron chi connectivity index (χ1n) is 10.6. The summed E-state index contributed by atoms with van der Waals surface area (Å²) in [6, 6.07) is 14.6. The van der Waals surface area contributed by atoms with Gasteiger partial charge in [0, 0.05) is 28.5 Å². The molecule has 0 spiro atoms. The van der Waals surface area contributed by atoms with Crippen LogP contribution in [0.5, 0.6) is 11.5 Å². The number of anilines is 1. The van der Waals surface area contributed by atoms with Crippen LogP contribution in [0.15, 0.2) is 65.6 Å². The Morgan fingerprint density at radius 2 is 1.77 bits per heavy atom. The molecule has 8 nitrogen and oxygen atoms in total. The van der Waals surface area contributed by atoms with Gasteiger partial charge >= 0.3 is 0 Å². The van der Waals surface area contributed by atoms with Gasteiger partial charge in [-0.1, -0.05) is 11.6 Å². The van der Waals surface area contributed by atoms with E-state index in [4.69, 9.17) is 21.1 Å². The number of ether oxygens (including phenoxy) is 2. The van der Waals surface area contributed by atoms with Crippen LogP contribution >= 0.6 is 11.6 Å². The van der Waals surface area contributed by atoms with Crippen LogP contribution in [0.3, 0.4) is 0 Å². The zero-order valence-electron chi connectivity index (χ0n) is 19.3. The highest BCUT2D eigenvalue weighted by Gasteiger charge is 2.19. The maximum absolute atomic E-state index is 13.2. The molecule has 0 radical (unpaired) electrons. The third-order valence-electron chi connectivity index (χ3n) is 5.41. The molecule has 0 atom stereocenters. The molecule has 0 aliphatic carbocycles. The number of amides is 1. The van der Waals surface area contributed by atoms with Crippen LogP contribution in [-0.4, -0.2) is 35.5 Å². The Morgan fingerprint density at radius 3 is 2.46 bits per heavy atom. The maximum Gasteiger partial charge on any atom is 0.244 e. The lowest BCUT2D eigenvalue weighted by molar-refractivity contribution is -0.116. The van der Waals surface area contributed by atoms with Gasteiger partial charge in [0.05, 0.1) is 30.9 Å². The largest absolute Gasteiger partial charge is 0.497 e. The van der Waals surface area contributed by atoms with Crippen LogP contribution < -0.4 is 20.2 Å². The molecule has 0 bridgehead atoms. The van der Waals surface area contributed by atoms with E-state index in [2.05, 4.69) is 10.3 Å². The highest BCUT2D eigenvalue weighted by Crippen LogP contribution is 2.29. The number of methoxy groups -OCH3 is 2. The summed E-state index contributed by atoms with van der Waals surface area (Å²) < 4.78 is 12.0. The molecule has 2 heterocycles. The number of fused-ring (bicyclic) bond motifs is 1. The van der Waals surface area contributed by atoms with Crippen LogP contribution in [0.1, 0.15) is 21.6 Å². The Balaban J connectivity index is 1.75. The number of hydrogen-bond donors (Lipinski definition) is 1. The molecule has 178 valence electrons. The molecule has 4 aromatic rings. The van der Waals surface area contributed by atoms with E-state index >= 15 is 0 Å². The van der Waals surface area contributed by atoms with Gasteiger partial charge in [0.1, 0.15) is 23.7 Å². The molecule has 0 unspecified atom stereocenters. The number of ketones is 1. The molecular formula is C26H22ClN3O5. The molecule has 2 aromatic heterocycles. The van der Waals surface area contributed by atoms with Gasteiger partial charge in [-0.05, 0) is 55.5 Å². The van der Waals surface area contributed by atoms with Gasteiger partial charge in [-0.2, -0.15) is 0 Å². The van der Waals surface area contributed by atoms with Gasteiger partial charge in [-0.3, -0.25) is 14.4 Å². The van der Waals surface area contributed by atoms with Crippen molar-refractivity contribution in [1.82, 2.24) is 9.55 Å². The van der Waals surface area contributed by atoms with E-state index in [9.17, 15) is 14.4 Å². The fourth-order valence-electron chi connectivity index (χ4n) is 3.66. The van der Waals surface area contributed by atoms with Gasteiger partial charge in [0.25, 0.3) is 0 Å². The van der Waals surface area contributed by atoms with Gasteiger partial charge in [0.2, 0.25) is 11.3 Å². The van der Waals surface area contributed by atoms with E-state index in [0.29, 0.717) is 39.1 Å². The second-order valence-electron chi connectivity index (χ2n) is 7.77. The summed E-state index contributed by atoms with van der Waals surface area (Å²) in [5.74, 6) is 0.118. The number of carbonyl (C=O) groups is 2. The number of rotatable bonds is 7. The van der Waals surface area contributed by atoms with Crippen LogP contribution in [0.2, 0.25) is 5.02 Å². The number of pyridine rings is 2. The van der Waals surface area contributed by atoms with Crippen molar-refractivity contribution in [2.75, 3.05) is 19.5 Å². The quantitative estimate of drug-likeness (QED) is 0.388. The third kappa shape index (κ3) is 5.02. The van der Waals surface area contributed by atoms with E-state index in [1.165, 1.54) is 25.0 Å². The minimum Gasteiger partial charge on any atom is -0.497 e. The fourth-order valence-corrected chi connectivity index (χ4v) is 3.78. The Labute approximate surface area is 206 Å². The fraction of sp³-hybridized carbons (Fsp3) is 0.154. The number of aryl methyl sites for hydroxylation is 1. The lowest BCUT2D eigenvalue weighted by atomic mass is 10.0. The van der Waals surface area contributed by atoms with Crippen LogP contribution in [-0.2, 0) is 11.3 Å². The number of nitrogens with zero attached hydrogens (tertiary/aromatic N) is 2. The zero-order chi connectivity index (χ0) is 25.1. The molecule has 0 aliphatic rings. The molecule has 1 amide bonds. The lowest BCUT2D eigenvalue weighted by Crippen LogP contribution is -2.25. The van der Waals surface area contributed by atoms with Crippen molar-refractivity contribution in [3.63, 3.8) is 0 Å². The summed E-state index contributed by atoms with van der Waals surface area (Å²) in [5, 5.41) is 3.51. The van der Waals surface area contributed by atoms with E-state index in [0.717, 1.165) is 0 Å². The minimum atomic E-state index is -0.474. The average molecular weight is 492 g/mol. The lowest BCUT2D eigenvalue weighted by Gasteiger charge is -2.15. The van der Waals surface area contributed by atoms with Gasteiger partial charge in [0.15, 0.2) is 5.78 Å². The number of hydrogen-bond acceptors (Lipinski definition) is 6. The first-order valence-corrected chi connectivity index (χ1v) is 11.0. The number of aromatic nitrogens is 2. The molecule has 0 fully saturated rings. The number of nitrogens with one attached hydrogen (secondary N) is 1. The van der Waals surface area contributed by atoms with Crippen LogP contribution in [0.25, 0.3) is 11.0 Å². The maximum atomic E-state index is 13.2. The minimum absolute atomic E-state index is 0.0720. The SMILES string of the molecule is COc1ccc(OC)c(NC(=O)Cn2cc(C(=O)c3ccc(Cl)cc3)c(=O)c3ccc(C)nc32)c1. The molecule has 35 heavy (non-hydrogen) atoms. The smallest absolute Gasteiger partial charge is 0.244 e. The summed E-state index contributed by atoms with van der Waals surface area (Å²) >= 11 is 5.93. The van der Waals surface area contributed by atoms with Crippen molar-refractivity contribution in [1.29, 1.82) is 0 Å². The van der Waals surface area contributed by atoms with Gasteiger partial charge < -0.3 is 19.4 Å². The standard InChI is InChI=1S/C26H22ClN3O5/c1-15-4-10-19-25(33)20(24(32)16-5-7-17(27)8-6-16)13-30(26(19)28-15)14-23(31)29-21-12-18(34-2)9-11-22(21)35-3/h4-13H,14H2,1-3H3,(H,29,31).